The quantitative estimate of drug-likeness (QED) is 0.821. The van der Waals surface area contributed by atoms with Crippen LogP contribution in [0.3, 0.4) is 0 Å². The standard InChI is InChI=1S/C17H22N2O4/c1-13-9-18(7-8-23-13)17(21)15-11-22-12-16(20)19(15)10-14-5-3-2-4-6-14/h2-6,13,15H,7-12H2,1H3/t13-,15+/m0/s1. The predicted octanol–water partition coefficient (Wildman–Crippen LogP) is 0.661. The first-order valence-electron chi connectivity index (χ1n) is 7.96. The monoisotopic (exact) mass is 318 g/mol. The second-order valence-electron chi connectivity index (χ2n) is 6.00. The molecule has 124 valence electrons. The molecule has 0 aromatic heterocycles. The molecule has 0 aliphatic carbocycles. The normalized spacial score (nSPS) is 25.5. The number of nitrogens with zero attached hydrogens (tertiary/aromatic N) is 2. The summed E-state index contributed by atoms with van der Waals surface area (Å²) in [5, 5.41) is 0. The van der Waals surface area contributed by atoms with Gasteiger partial charge in [-0.2, -0.15) is 0 Å². The Morgan fingerprint density at radius 2 is 2.09 bits per heavy atom. The van der Waals surface area contributed by atoms with Crippen LogP contribution in [0.5, 0.6) is 0 Å². The van der Waals surface area contributed by atoms with E-state index in [1.807, 2.05) is 37.3 Å². The second kappa shape index (κ2) is 7.10. The molecular formula is C17H22N2O4. The first kappa shape index (κ1) is 16.0. The van der Waals surface area contributed by atoms with Crippen molar-refractivity contribution in [2.45, 2.75) is 25.6 Å². The van der Waals surface area contributed by atoms with Crippen molar-refractivity contribution in [2.24, 2.45) is 0 Å². The zero-order chi connectivity index (χ0) is 16.2. The molecule has 0 N–H and O–H groups in total. The zero-order valence-corrected chi connectivity index (χ0v) is 13.3. The molecule has 1 aromatic carbocycles. The summed E-state index contributed by atoms with van der Waals surface area (Å²) in [5.41, 5.74) is 1.01. The van der Waals surface area contributed by atoms with Crippen LogP contribution in [0, 0.1) is 0 Å². The molecule has 2 heterocycles. The molecule has 0 radical (unpaired) electrons. The second-order valence-corrected chi connectivity index (χ2v) is 6.00. The van der Waals surface area contributed by atoms with Gasteiger partial charge in [0, 0.05) is 19.6 Å². The third kappa shape index (κ3) is 3.71. The minimum atomic E-state index is -0.554. The van der Waals surface area contributed by atoms with Crippen molar-refractivity contribution in [3.8, 4) is 0 Å². The Labute approximate surface area is 136 Å². The van der Waals surface area contributed by atoms with E-state index in [-0.39, 0.29) is 31.1 Å². The maximum atomic E-state index is 12.8. The van der Waals surface area contributed by atoms with Gasteiger partial charge in [-0.1, -0.05) is 30.3 Å². The maximum absolute atomic E-state index is 12.8. The van der Waals surface area contributed by atoms with E-state index >= 15 is 0 Å². The SMILES string of the molecule is C[C@H]1CN(C(=O)[C@H]2COCC(=O)N2Cc2ccccc2)CCO1. The molecule has 3 rings (SSSR count). The smallest absolute Gasteiger partial charge is 0.249 e. The number of amides is 2. The molecule has 6 heteroatoms. The van der Waals surface area contributed by atoms with Crippen molar-refractivity contribution in [1.82, 2.24) is 9.80 Å². The molecule has 2 atom stereocenters. The molecule has 6 nitrogen and oxygen atoms in total. The average Bonchev–Trinajstić information content (AvgIpc) is 2.57. The van der Waals surface area contributed by atoms with Crippen LogP contribution < -0.4 is 0 Å². The van der Waals surface area contributed by atoms with Crippen molar-refractivity contribution in [2.75, 3.05) is 32.9 Å². The lowest BCUT2D eigenvalue weighted by molar-refractivity contribution is -0.163. The first-order valence-corrected chi connectivity index (χ1v) is 7.96. The van der Waals surface area contributed by atoms with Crippen molar-refractivity contribution in [3.05, 3.63) is 35.9 Å². The predicted molar refractivity (Wildman–Crippen MR) is 83.6 cm³/mol. The summed E-state index contributed by atoms with van der Waals surface area (Å²) in [6.07, 6.45) is 0.0236. The molecule has 2 aliphatic rings. The summed E-state index contributed by atoms with van der Waals surface area (Å²) in [7, 11) is 0. The number of carbonyl (C=O) groups is 2. The van der Waals surface area contributed by atoms with Gasteiger partial charge in [0.15, 0.2) is 0 Å². The van der Waals surface area contributed by atoms with Gasteiger partial charge in [0.05, 0.1) is 19.3 Å². The van der Waals surface area contributed by atoms with Crippen molar-refractivity contribution < 1.29 is 19.1 Å². The molecule has 2 saturated heterocycles. The van der Waals surface area contributed by atoms with E-state index in [1.165, 1.54) is 0 Å². The van der Waals surface area contributed by atoms with Crippen LogP contribution in [0.25, 0.3) is 0 Å². The van der Waals surface area contributed by atoms with E-state index in [2.05, 4.69) is 0 Å². The van der Waals surface area contributed by atoms with Gasteiger partial charge in [-0.3, -0.25) is 9.59 Å². The minimum Gasteiger partial charge on any atom is -0.375 e. The summed E-state index contributed by atoms with van der Waals surface area (Å²) in [5.74, 6) is -0.191. The van der Waals surface area contributed by atoms with E-state index < -0.39 is 6.04 Å². The van der Waals surface area contributed by atoms with Crippen LogP contribution in [-0.2, 0) is 25.6 Å². The molecule has 0 saturated carbocycles. The molecule has 2 amide bonds. The third-order valence-corrected chi connectivity index (χ3v) is 4.23. The number of hydrogen-bond donors (Lipinski definition) is 0. The van der Waals surface area contributed by atoms with E-state index in [9.17, 15) is 9.59 Å². The fourth-order valence-electron chi connectivity index (χ4n) is 3.02. The van der Waals surface area contributed by atoms with Crippen LogP contribution in [0.2, 0.25) is 0 Å². The molecule has 0 unspecified atom stereocenters. The summed E-state index contributed by atoms with van der Waals surface area (Å²) in [4.78, 5) is 28.5. The Kier molecular flexibility index (Phi) is 4.93. The molecule has 23 heavy (non-hydrogen) atoms. The summed E-state index contributed by atoms with van der Waals surface area (Å²) in [6.45, 7) is 4.32. The number of morpholine rings is 2. The Bertz CT molecular complexity index is 563. The van der Waals surface area contributed by atoms with Crippen LogP contribution in [0.15, 0.2) is 30.3 Å². The molecular weight excluding hydrogens is 296 g/mol. The highest BCUT2D eigenvalue weighted by molar-refractivity contribution is 5.89. The van der Waals surface area contributed by atoms with Crippen molar-refractivity contribution in [3.63, 3.8) is 0 Å². The van der Waals surface area contributed by atoms with Gasteiger partial charge >= 0.3 is 0 Å². The van der Waals surface area contributed by atoms with Crippen LogP contribution >= 0.6 is 0 Å². The van der Waals surface area contributed by atoms with E-state index in [0.717, 1.165) is 5.56 Å². The van der Waals surface area contributed by atoms with Gasteiger partial charge in [-0.05, 0) is 12.5 Å². The summed E-state index contributed by atoms with van der Waals surface area (Å²) < 4.78 is 10.8. The Balaban J connectivity index is 1.74. The Morgan fingerprint density at radius 3 is 2.83 bits per heavy atom. The molecule has 2 aliphatic heterocycles. The van der Waals surface area contributed by atoms with Crippen molar-refractivity contribution in [1.29, 1.82) is 0 Å². The number of rotatable bonds is 3. The fourth-order valence-corrected chi connectivity index (χ4v) is 3.02. The third-order valence-electron chi connectivity index (χ3n) is 4.23. The van der Waals surface area contributed by atoms with E-state index in [1.54, 1.807) is 9.80 Å². The number of carbonyl (C=O) groups excluding carboxylic acids is 2. The molecule has 2 fully saturated rings. The Morgan fingerprint density at radius 1 is 1.30 bits per heavy atom. The lowest BCUT2D eigenvalue weighted by Gasteiger charge is -2.39. The van der Waals surface area contributed by atoms with Crippen LogP contribution in [0.1, 0.15) is 12.5 Å². The molecule has 0 spiro atoms. The molecule has 1 aromatic rings. The topological polar surface area (TPSA) is 59.1 Å². The highest BCUT2D eigenvalue weighted by Gasteiger charge is 2.37. The van der Waals surface area contributed by atoms with E-state index in [0.29, 0.717) is 26.2 Å². The zero-order valence-electron chi connectivity index (χ0n) is 13.3. The largest absolute Gasteiger partial charge is 0.375 e. The van der Waals surface area contributed by atoms with Crippen LogP contribution in [-0.4, -0.2) is 66.7 Å². The highest BCUT2D eigenvalue weighted by Crippen LogP contribution is 2.17. The van der Waals surface area contributed by atoms with Gasteiger partial charge < -0.3 is 19.3 Å². The van der Waals surface area contributed by atoms with Crippen LogP contribution in [0.4, 0.5) is 0 Å². The Hall–Kier alpha value is -1.92. The summed E-state index contributed by atoms with van der Waals surface area (Å²) >= 11 is 0. The average molecular weight is 318 g/mol. The highest BCUT2D eigenvalue weighted by atomic mass is 16.5. The minimum absolute atomic E-state index is 0.0236. The van der Waals surface area contributed by atoms with E-state index in [4.69, 9.17) is 9.47 Å². The van der Waals surface area contributed by atoms with Gasteiger partial charge in [-0.15, -0.1) is 0 Å². The number of hydrogen-bond acceptors (Lipinski definition) is 4. The molecule has 0 bridgehead atoms. The van der Waals surface area contributed by atoms with Gasteiger partial charge in [-0.25, -0.2) is 0 Å². The maximum Gasteiger partial charge on any atom is 0.249 e. The van der Waals surface area contributed by atoms with Gasteiger partial charge in [0.25, 0.3) is 0 Å². The summed E-state index contributed by atoms with van der Waals surface area (Å²) in [6, 6.07) is 9.16. The first-order chi connectivity index (χ1) is 11.1. The van der Waals surface area contributed by atoms with Gasteiger partial charge in [0.1, 0.15) is 12.6 Å². The number of benzene rings is 1. The van der Waals surface area contributed by atoms with Gasteiger partial charge in [0.2, 0.25) is 11.8 Å². The fraction of sp³-hybridized carbons (Fsp3) is 0.529. The van der Waals surface area contributed by atoms with Crippen molar-refractivity contribution >= 4 is 11.8 Å². The lowest BCUT2D eigenvalue weighted by atomic mass is 10.1. The lowest BCUT2D eigenvalue weighted by Crippen LogP contribution is -2.58. The number of ether oxygens (including phenoxy) is 2.